The van der Waals surface area contributed by atoms with Gasteiger partial charge in [0.25, 0.3) is 0 Å². The molecule has 1 aliphatic heterocycles. The summed E-state index contributed by atoms with van der Waals surface area (Å²) in [4.78, 5) is 13.1. The standard InChI is InChI=1S/C15H17BrF3NO3S/c1-20(14(21)11-6-8-24(22,23)9-7-11)13(15(17,18)19)10-2-4-12(16)5-3-10/h2-5,11,13H,6-9H2,1H3. The van der Waals surface area contributed by atoms with Gasteiger partial charge >= 0.3 is 6.18 Å². The van der Waals surface area contributed by atoms with Gasteiger partial charge in [0.05, 0.1) is 11.5 Å². The zero-order valence-corrected chi connectivity index (χ0v) is 15.3. The molecule has 1 atom stereocenters. The van der Waals surface area contributed by atoms with Crippen LogP contribution in [0.1, 0.15) is 24.4 Å². The Morgan fingerprint density at radius 2 is 1.71 bits per heavy atom. The van der Waals surface area contributed by atoms with Crippen LogP contribution in [0.3, 0.4) is 0 Å². The number of hydrogen-bond acceptors (Lipinski definition) is 3. The summed E-state index contributed by atoms with van der Waals surface area (Å²) in [7, 11) is -2.06. The number of alkyl halides is 3. The van der Waals surface area contributed by atoms with E-state index in [1.165, 1.54) is 24.3 Å². The highest BCUT2D eigenvalue weighted by Gasteiger charge is 2.46. The minimum Gasteiger partial charge on any atom is -0.330 e. The average Bonchev–Trinajstić information content (AvgIpc) is 2.47. The second kappa shape index (κ2) is 7.03. The van der Waals surface area contributed by atoms with Crippen molar-refractivity contribution in [3.63, 3.8) is 0 Å². The fourth-order valence-corrected chi connectivity index (χ4v) is 4.59. The number of amides is 1. The first kappa shape index (κ1) is 19.2. The smallest absolute Gasteiger partial charge is 0.330 e. The summed E-state index contributed by atoms with van der Waals surface area (Å²) < 4.78 is 64.0. The zero-order chi connectivity index (χ0) is 18.1. The fourth-order valence-electron chi connectivity index (χ4n) is 2.83. The van der Waals surface area contributed by atoms with Crippen molar-refractivity contribution in [1.29, 1.82) is 0 Å². The molecule has 2 rings (SSSR count). The van der Waals surface area contributed by atoms with Crippen molar-refractivity contribution >= 4 is 31.7 Å². The minimum atomic E-state index is -4.63. The lowest BCUT2D eigenvalue weighted by molar-refractivity contribution is -0.190. The highest BCUT2D eigenvalue weighted by atomic mass is 79.9. The number of halogens is 4. The molecule has 24 heavy (non-hydrogen) atoms. The van der Waals surface area contributed by atoms with Crippen molar-refractivity contribution in [3.05, 3.63) is 34.3 Å². The van der Waals surface area contributed by atoms with Gasteiger partial charge in [-0.3, -0.25) is 4.79 Å². The number of carbonyl (C=O) groups is 1. The lowest BCUT2D eigenvalue weighted by Crippen LogP contribution is -2.44. The Hall–Kier alpha value is -1.09. The van der Waals surface area contributed by atoms with Gasteiger partial charge in [0.1, 0.15) is 9.84 Å². The summed E-state index contributed by atoms with van der Waals surface area (Å²) in [5.74, 6) is -1.69. The predicted octanol–water partition coefficient (Wildman–Crippen LogP) is 3.34. The predicted molar refractivity (Wildman–Crippen MR) is 87.1 cm³/mol. The molecule has 0 aliphatic carbocycles. The fraction of sp³-hybridized carbons (Fsp3) is 0.533. The van der Waals surface area contributed by atoms with E-state index in [-0.39, 0.29) is 29.9 Å². The van der Waals surface area contributed by atoms with Crippen molar-refractivity contribution in [2.45, 2.75) is 25.1 Å². The summed E-state index contributed by atoms with van der Waals surface area (Å²) in [6.07, 6.45) is -4.49. The Kier molecular flexibility index (Phi) is 5.64. The third kappa shape index (κ3) is 4.50. The van der Waals surface area contributed by atoms with Crippen LogP contribution in [0.2, 0.25) is 0 Å². The van der Waals surface area contributed by atoms with Crippen LogP contribution in [0.15, 0.2) is 28.7 Å². The number of nitrogens with zero attached hydrogens (tertiary/aromatic N) is 1. The molecule has 0 bridgehead atoms. The molecule has 4 nitrogen and oxygen atoms in total. The van der Waals surface area contributed by atoms with Crippen LogP contribution >= 0.6 is 15.9 Å². The van der Waals surface area contributed by atoms with Crippen LogP contribution in [0.4, 0.5) is 13.2 Å². The third-order valence-electron chi connectivity index (χ3n) is 4.13. The molecular weight excluding hydrogens is 411 g/mol. The normalized spacial score (nSPS) is 19.7. The van der Waals surface area contributed by atoms with Crippen LogP contribution in [-0.2, 0) is 14.6 Å². The lowest BCUT2D eigenvalue weighted by atomic mass is 9.98. The maximum Gasteiger partial charge on any atom is 0.413 e. The Morgan fingerprint density at radius 1 is 1.21 bits per heavy atom. The van der Waals surface area contributed by atoms with Gasteiger partial charge in [0, 0.05) is 17.4 Å². The van der Waals surface area contributed by atoms with Crippen molar-refractivity contribution < 1.29 is 26.4 Å². The monoisotopic (exact) mass is 427 g/mol. The molecule has 0 radical (unpaired) electrons. The second-order valence-corrected chi connectivity index (χ2v) is 9.09. The SMILES string of the molecule is CN(C(=O)C1CCS(=O)(=O)CC1)C(c1ccc(Br)cc1)C(F)(F)F. The molecule has 1 saturated heterocycles. The number of benzene rings is 1. The number of carbonyl (C=O) groups excluding carboxylic acids is 1. The number of rotatable bonds is 3. The van der Waals surface area contributed by atoms with Crippen molar-refractivity contribution in [3.8, 4) is 0 Å². The van der Waals surface area contributed by atoms with Crippen LogP contribution in [-0.4, -0.2) is 44.0 Å². The van der Waals surface area contributed by atoms with Crippen molar-refractivity contribution in [2.75, 3.05) is 18.6 Å². The summed E-state index contributed by atoms with van der Waals surface area (Å²) in [6.45, 7) is 0. The van der Waals surface area contributed by atoms with Gasteiger partial charge in [-0.05, 0) is 30.5 Å². The van der Waals surface area contributed by atoms with E-state index in [1.54, 1.807) is 0 Å². The van der Waals surface area contributed by atoms with Crippen LogP contribution in [0.25, 0.3) is 0 Å². The summed E-state index contributed by atoms with van der Waals surface area (Å²) in [6, 6.07) is 3.55. The molecule has 1 aromatic rings. The molecule has 1 aliphatic rings. The van der Waals surface area contributed by atoms with Crippen LogP contribution < -0.4 is 0 Å². The topological polar surface area (TPSA) is 54.5 Å². The molecule has 0 aromatic heterocycles. The Balaban J connectivity index is 2.23. The lowest BCUT2D eigenvalue weighted by Gasteiger charge is -2.34. The van der Waals surface area contributed by atoms with Gasteiger partial charge in [-0.25, -0.2) is 8.42 Å². The van der Waals surface area contributed by atoms with Crippen LogP contribution in [0.5, 0.6) is 0 Å². The molecule has 1 unspecified atom stereocenters. The van der Waals surface area contributed by atoms with Crippen molar-refractivity contribution in [1.82, 2.24) is 4.90 Å². The Morgan fingerprint density at radius 3 is 2.17 bits per heavy atom. The van der Waals surface area contributed by atoms with Gasteiger partial charge in [-0.1, -0.05) is 28.1 Å². The molecule has 1 aromatic carbocycles. The largest absolute Gasteiger partial charge is 0.413 e. The molecule has 0 N–H and O–H groups in total. The Labute approximate surface area is 147 Å². The number of hydrogen-bond donors (Lipinski definition) is 0. The van der Waals surface area contributed by atoms with E-state index in [9.17, 15) is 26.4 Å². The van der Waals surface area contributed by atoms with Crippen LogP contribution in [0, 0.1) is 5.92 Å². The molecular formula is C15H17BrF3NO3S. The van der Waals surface area contributed by atoms with Gasteiger partial charge in [0.2, 0.25) is 5.91 Å². The summed E-state index contributed by atoms with van der Waals surface area (Å²) in [5.41, 5.74) is -0.0371. The van der Waals surface area contributed by atoms with E-state index in [2.05, 4.69) is 15.9 Å². The van der Waals surface area contributed by atoms with E-state index in [1.807, 2.05) is 0 Å². The van der Waals surface area contributed by atoms with E-state index < -0.39 is 33.9 Å². The van der Waals surface area contributed by atoms with Gasteiger partial charge < -0.3 is 4.90 Å². The summed E-state index contributed by atoms with van der Waals surface area (Å²) >= 11 is 3.17. The van der Waals surface area contributed by atoms with Gasteiger partial charge in [-0.15, -0.1) is 0 Å². The molecule has 1 fully saturated rings. The van der Waals surface area contributed by atoms with Gasteiger partial charge in [-0.2, -0.15) is 13.2 Å². The van der Waals surface area contributed by atoms with Gasteiger partial charge in [0.15, 0.2) is 6.04 Å². The first-order chi connectivity index (χ1) is 11.0. The first-order valence-electron chi connectivity index (χ1n) is 7.30. The third-order valence-corrected chi connectivity index (χ3v) is 6.38. The molecule has 134 valence electrons. The van der Waals surface area contributed by atoms with E-state index in [0.717, 1.165) is 7.05 Å². The minimum absolute atomic E-state index is 0.0371. The highest BCUT2D eigenvalue weighted by molar-refractivity contribution is 9.10. The maximum absolute atomic E-state index is 13.5. The molecule has 0 spiro atoms. The quantitative estimate of drug-likeness (QED) is 0.743. The van der Waals surface area contributed by atoms with E-state index >= 15 is 0 Å². The first-order valence-corrected chi connectivity index (χ1v) is 9.92. The average molecular weight is 428 g/mol. The zero-order valence-electron chi connectivity index (χ0n) is 12.9. The van der Waals surface area contributed by atoms with E-state index in [0.29, 0.717) is 9.37 Å². The maximum atomic E-state index is 13.5. The highest BCUT2D eigenvalue weighted by Crippen LogP contribution is 2.38. The molecule has 1 amide bonds. The summed E-state index contributed by atoms with van der Waals surface area (Å²) in [5, 5.41) is 0. The second-order valence-electron chi connectivity index (χ2n) is 5.87. The van der Waals surface area contributed by atoms with Crippen molar-refractivity contribution in [2.24, 2.45) is 5.92 Å². The Bertz CT molecular complexity index is 690. The van der Waals surface area contributed by atoms with E-state index in [4.69, 9.17) is 0 Å². The number of sulfone groups is 1. The molecule has 1 heterocycles. The molecule has 0 saturated carbocycles. The molecule has 9 heteroatoms.